The smallest absolute Gasteiger partial charge is 0.427 e. The van der Waals surface area contributed by atoms with E-state index in [0.717, 1.165) is 0 Å². The number of carbonyl (C=O) groups excluding carboxylic acids is 1. The van der Waals surface area contributed by atoms with E-state index >= 15 is 0 Å². The lowest BCUT2D eigenvalue weighted by atomic mass is 10.2. The van der Waals surface area contributed by atoms with Crippen LogP contribution in [0.4, 0.5) is 4.79 Å². The number of ether oxygens (including phenoxy) is 2. The van der Waals surface area contributed by atoms with Crippen LogP contribution in [0.5, 0.6) is 11.5 Å². The van der Waals surface area contributed by atoms with E-state index in [1.54, 1.807) is 18.2 Å². The Bertz CT molecular complexity index is 418. The van der Waals surface area contributed by atoms with Gasteiger partial charge in [0.1, 0.15) is 0 Å². The highest BCUT2D eigenvalue weighted by molar-refractivity contribution is 5.85. The van der Waals surface area contributed by atoms with Crippen LogP contribution in [0.3, 0.4) is 0 Å². The fourth-order valence-corrected chi connectivity index (χ4v) is 1.12. The quantitative estimate of drug-likeness (QED) is 0.615. The Balaban J connectivity index is 2.77. The van der Waals surface area contributed by atoms with Gasteiger partial charge >= 0.3 is 6.09 Å². The molecule has 17 heavy (non-hydrogen) atoms. The van der Waals surface area contributed by atoms with Gasteiger partial charge in [-0.2, -0.15) is 5.10 Å². The molecular formula is C11H14N2O4. The monoisotopic (exact) mass is 238 g/mol. The summed E-state index contributed by atoms with van der Waals surface area (Å²) in [6.45, 7) is 2.27. The van der Waals surface area contributed by atoms with Crippen LogP contribution in [0, 0.1) is 0 Å². The number of hydrogen-bond acceptors (Lipinski definition) is 5. The summed E-state index contributed by atoms with van der Waals surface area (Å²) in [5, 5.41) is 13.4. The molecule has 0 heterocycles. The molecule has 1 rings (SSSR count). The minimum Gasteiger partial charge on any atom is -0.504 e. The molecule has 1 aromatic carbocycles. The van der Waals surface area contributed by atoms with Crippen LogP contribution >= 0.6 is 0 Å². The number of carbonyl (C=O) groups is 1. The van der Waals surface area contributed by atoms with Crippen molar-refractivity contribution in [1.82, 2.24) is 5.43 Å². The molecule has 2 N–H and O–H groups in total. The summed E-state index contributed by atoms with van der Waals surface area (Å²) >= 11 is 0. The fourth-order valence-electron chi connectivity index (χ4n) is 1.12. The van der Waals surface area contributed by atoms with Crippen molar-refractivity contribution in [2.45, 2.75) is 6.92 Å². The van der Waals surface area contributed by atoms with Crippen molar-refractivity contribution in [2.24, 2.45) is 5.10 Å². The number of nitrogens with zero attached hydrogens (tertiary/aromatic N) is 1. The number of methoxy groups -OCH3 is 1. The lowest BCUT2D eigenvalue weighted by Crippen LogP contribution is -2.16. The number of nitrogens with one attached hydrogen (secondary N) is 1. The lowest BCUT2D eigenvalue weighted by molar-refractivity contribution is 0.171. The van der Waals surface area contributed by atoms with Crippen molar-refractivity contribution in [3.63, 3.8) is 0 Å². The Morgan fingerprint density at radius 2 is 2.35 bits per heavy atom. The number of aromatic hydroxyl groups is 1. The van der Waals surface area contributed by atoms with Crippen molar-refractivity contribution in [2.75, 3.05) is 13.7 Å². The molecule has 0 aromatic heterocycles. The molecule has 1 amide bonds. The largest absolute Gasteiger partial charge is 0.504 e. The van der Waals surface area contributed by atoms with Crippen molar-refractivity contribution >= 4 is 12.3 Å². The summed E-state index contributed by atoms with van der Waals surface area (Å²) in [6, 6.07) is 4.99. The fraction of sp³-hybridized carbons (Fsp3) is 0.273. The summed E-state index contributed by atoms with van der Waals surface area (Å²) in [5.41, 5.74) is 2.55. The Morgan fingerprint density at radius 3 is 3.00 bits per heavy atom. The van der Waals surface area contributed by atoms with E-state index in [2.05, 4.69) is 15.3 Å². The van der Waals surface area contributed by atoms with Crippen LogP contribution in [0.25, 0.3) is 0 Å². The maximum Gasteiger partial charge on any atom is 0.427 e. The number of phenolic OH excluding ortho intramolecular Hbond substituents is 1. The van der Waals surface area contributed by atoms with Gasteiger partial charge in [-0.15, -0.1) is 0 Å². The topological polar surface area (TPSA) is 80.2 Å². The SMILES string of the molecule is CCOc1cccc(/C=N/NC(=O)OC)c1O. The first kappa shape index (κ1) is 12.8. The normalized spacial score (nSPS) is 10.2. The molecule has 0 radical (unpaired) electrons. The third-order valence-electron chi connectivity index (χ3n) is 1.87. The summed E-state index contributed by atoms with van der Waals surface area (Å²) in [6.07, 6.45) is 0.621. The number of amides is 1. The zero-order valence-electron chi connectivity index (χ0n) is 9.64. The maximum atomic E-state index is 10.7. The first-order chi connectivity index (χ1) is 8.19. The molecule has 0 aliphatic carbocycles. The first-order valence-electron chi connectivity index (χ1n) is 5.00. The molecular weight excluding hydrogens is 224 g/mol. The number of benzene rings is 1. The number of rotatable bonds is 4. The highest BCUT2D eigenvalue weighted by Crippen LogP contribution is 2.28. The van der Waals surface area contributed by atoms with Crippen molar-refractivity contribution in [3.05, 3.63) is 23.8 Å². The van der Waals surface area contributed by atoms with Gasteiger partial charge in [-0.3, -0.25) is 0 Å². The van der Waals surface area contributed by atoms with E-state index in [1.165, 1.54) is 13.3 Å². The molecule has 0 saturated heterocycles. The predicted molar refractivity (Wildman–Crippen MR) is 62.4 cm³/mol. The Kier molecular flexibility index (Phi) is 4.80. The van der Waals surface area contributed by atoms with Gasteiger partial charge in [0.15, 0.2) is 11.5 Å². The summed E-state index contributed by atoms with van der Waals surface area (Å²) in [5.74, 6) is 0.347. The van der Waals surface area contributed by atoms with Crippen LogP contribution < -0.4 is 10.2 Å². The zero-order valence-corrected chi connectivity index (χ0v) is 9.64. The molecule has 0 aliphatic rings. The van der Waals surface area contributed by atoms with Gasteiger partial charge < -0.3 is 14.6 Å². The van der Waals surface area contributed by atoms with Gasteiger partial charge in [-0.1, -0.05) is 6.07 Å². The van der Waals surface area contributed by atoms with E-state index in [9.17, 15) is 9.90 Å². The van der Waals surface area contributed by atoms with Gasteiger partial charge in [-0.05, 0) is 19.1 Å². The van der Waals surface area contributed by atoms with Crippen molar-refractivity contribution < 1.29 is 19.4 Å². The second kappa shape index (κ2) is 6.37. The average molecular weight is 238 g/mol. The second-order valence-corrected chi connectivity index (χ2v) is 2.99. The average Bonchev–Trinajstić information content (AvgIpc) is 2.33. The summed E-state index contributed by atoms with van der Waals surface area (Å²) in [7, 11) is 1.23. The Hall–Kier alpha value is -2.24. The third-order valence-corrected chi connectivity index (χ3v) is 1.87. The maximum absolute atomic E-state index is 10.7. The molecule has 6 nitrogen and oxygen atoms in total. The molecule has 0 fully saturated rings. The van der Waals surface area contributed by atoms with Gasteiger partial charge in [0.2, 0.25) is 0 Å². The van der Waals surface area contributed by atoms with Crippen LogP contribution in [-0.2, 0) is 4.74 Å². The lowest BCUT2D eigenvalue weighted by Gasteiger charge is -2.06. The molecule has 0 aliphatic heterocycles. The number of hydrogen-bond donors (Lipinski definition) is 2. The Morgan fingerprint density at radius 1 is 1.59 bits per heavy atom. The molecule has 0 unspecified atom stereocenters. The number of para-hydroxylation sites is 1. The first-order valence-corrected chi connectivity index (χ1v) is 5.00. The molecule has 6 heteroatoms. The van der Waals surface area contributed by atoms with Crippen LogP contribution in [-0.4, -0.2) is 31.1 Å². The Labute approximate surface area is 98.9 Å². The summed E-state index contributed by atoms with van der Waals surface area (Å²) < 4.78 is 9.53. The molecule has 0 atom stereocenters. The standard InChI is InChI=1S/C11H14N2O4/c1-3-17-9-6-4-5-8(10(9)14)7-12-13-11(15)16-2/h4-7,14H,3H2,1-2H3,(H,13,15)/b12-7+. The minimum absolute atomic E-state index is 0.0234. The van der Waals surface area contributed by atoms with E-state index in [-0.39, 0.29) is 5.75 Å². The van der Waals surface area contributed by atoms with Crippen molar-refractivity contribution in [3.8, 4) is 11.5 Å². The molecule has 0 saturated carbocycles. The van der Waals surface area contributed by atoms with Crippen LogP contribution in [0.1, 0.15) is 12.5 Å². The molecule has 1 aromatic rings. The van der Waals surface area contributed by atoms with Gasteiger partial charge in [0, 0.05) is 5.56 Å². The van der Waals surface area contributed by atoms with Crippen LogP contribution in [0.2, 0.25) is 0 Å². The second-order valence-electron chi connectivity index (χ2n) is 2.99. The van der Waals surface area contributed by atoms with Gasteiger partial charge in [-0.25, -0.2) is 10.2 Å². The number of hydrazone groups is 1. The van der Waals surface area contributed by atoms with Crippen LogP contribution in [0.15, 0.2) is 23.3 Å². The van der Waals surface area contributed by atoms with E-state index in [0.29, 0.717) is 17.9 Å². The molecule has 0 bridgehead atoms. The third kappa shape index (κ3) is 3.67. The highest BCUT2D eigenvalue weighted by Gasteiger charge is 2.05. The van der Waals surface area contributed by atoms with E-state index in [4.69, 9.17) is 4.74 Å². The predicted octanol–water partition coefficient (Wildman–Crippen LogP) is 1.48. The highest BCUT2D eigenvalue weighted by atomic mass is 16.5. The number of phenols is 1. The van der Waals surface area contributed by atoms with Crippen molar-refractivity contribution in [1.29, 1.82) is 0 Å². The minimum atomic E-state index is -0.679. The summed E-state index contributed by atoms with van der Waals surface area (Å²) in [4.78, 5) is 10.7. The van der Waals surface area contributed by atoms with Gasteiger partial charge in [0.05, 0.1) is 19.9 Å². The molecule has 0 spiro atoms. The molecule has 92 valence electrons. The van der Waals surface area contributed by atoms with E-state index < -0.39 is 6.09 Å². The van der Waals surface area contributed by atoms with Gasteiger partial charge in [0.25, 0.3) is 0 Å². The zero-order chi connectivity index (χ0) is 12.7. The van der Waals surface area contributed by atoms with E-state index in [1.807, 2.05) is 6.92 Å².